The Labute approximate surface area is 170 Å². The summed E-state index contributed by atoms with van der Waals surface area (Å²) in [6, 6.07) is 16.5. The molecule has 1 N–H and O–H groups in total. The summed E-state index contributed by atoms with van der Waals surface area (Å²) in [4.78, 5) is 26.9. The maximum atomic E-state index is 12.6. The number of benzene rings is 2. The Bertz CT molecular complexity index is 780. The Morgan fingerprint density at radius 2 is 1.86 bits per heavy atom. The second-order valence-electron chi connectivity index (χ2n) is 6.90. The first-order valence-corrected chi connectivity index (χ1v) is 10.0. The van der Waals surface area contributed by atoms with E-state index in [4.69, 9.17) is 16.3 Å². The number of halogens is 1. The van der Waals surface area contributed by atoms with Crippen molar-refractivity contribution in [3.63, 3.8) is 0 Å². The quantitative estimate of drug-likeness (QED) is 0.719. The van der Waals surface area contributed by atoms with E-state index in [1.54, 1.807) is 29.2 Å². The first-order chi connectivity index (χ1) is 13.6. The summed E-state index contributed by atoms with van der Waals surface area (Å²) >= 11 is 5.89. The van der Waals surface area contributed by atoms with Gasteiger partial charge in [-0.2, -0.15) is 0 Å². The Balaban J connectivity index is 1.41. The van der Waals surface area contributed by atoms with Gasteiger partial charge in [-0.1, -0.05) is 29.8 Å². The van der Waals surface area contributed by atoms with Crippen molar-refractivity contribution in [1.29, 1.82) is 0 Å². The van der Waals surface area contributed by atoms with Crippen molar-refractivity contribution in [3.8, 4) is 5.75 Å². The molecule has 0 aliphatic carbocycles. The van der Waals surface area contributed by atoms with Gasteiger partial charge in [-0.25, -0.2) is 0 Å². The van der Waals surface area contributed by atoms with Gasteiger partial charge in [0.15, 0.2) is 0 Å². The highest BCUT2D eigenvalue weighted by Gasteiger charge is 2.28. The van der Waals surface area contributed by atoms with E-state index in [9.17, 15) is 9.59 Å². The van der Waals surface area contributed by atoms with Gasteiger partial charge in [0.1, 0.15) is 5.75 Å². The molecule has 3 rings (SSSR count). The lowest BCUT2D eigenvalue weighted by Gasteiger charge is -2.32. The van der Waals surface area contributed by atoms with Crippen LogP contribution in [0.25, 0.3) is 0 Å². The lowest BCUT2D eigenvalue weighted by molar-refractivity contribution is -0.126. The van der Waals surface area contributed by atoms with E-state index in [1.165, 1.54) is 0 Å². The number of piperidine rings is 1. The van der Waals surface area contributed by atoms with Crippen LogP contribution in [0, 0.1) is 5.92 Å². The maximum absolute atomic E-state index is 12.6. The van der Waals surface area contributed by atoms with Crippen LogP contribution in [0.15, 0.2) is 54.6 Å². The molecule has 0 aromatic heterocycles. The predicted octanol–water partition coefficient (Wildman–Crippen LogP) is 3.78. The molecule has 28 heavy (non-hydrogen) atoms. The lowest BCUT2D eigenvalue weighted by Crippen LogP contribution is -2.45. The molecule has 6 heteroatoms. The molecule has 2 aromatic carbocycles. The minimum absolute atomic E-state index is 0.00770. The first-order valence-electron chi connectivity index (χ1n) is 9.64. The first kappa shape index (κ1) is 20.2. The van der Waals surface area contributed by atoms with Crippen LogP contribution in [0.1, 0.15) is 29.6 Å². The van der Waals surface area contributed by atoms with E-state index in [1.807, 2.05) is 30.3 Å². The number of hydrogen-bond acceptors (Lipinski definition) is 3. The molecule has 0 spiro atoms. The van der Waals surface area contributed by atoms with E-state index in [2.05, 4.69) is 5.32 Å². The zero-order chi connectivity index (χ0) is 19.8. The number of carbonyl (C=O) groups excluding carboxylic acids is 2. The Morgan fingerprint density at radius 1 is 1.11 bits per heavy atom. The zero-order valence-corrected chi connectivity index (χ0v) is 16.5. The highest BCUT2D eigenvalue weighted by atomic mass is 35.5. The molecule has 148 valence electrons. The van der Waals surface area contributed by atoms with Gasteiger partial charge < -0.3 is 15.0 Å². The number of likely N-dealkylation sites (tertiary alicyclic amines) is 1. The van der Waals surface area contributed by atoms with Crippen LogP contribution in [0.3, 0.4) is 0 Å². The molecule has 5 nitrogen and oxygen atoms in total. The van der Waals surface area contributed by atoms with E-state index < -0.39 is 0 Å². The topological polar surface area (TPSA) is 58.6 Å². The third kappa shape index (κ3) is 5.73. The van der Waals surface area contributed by atoms with Gasteiger partial charge in [0.05, 0.1) is 12.5 Å². The lowest BCUT2D eigenvalue weighted by atomic mass is 9.96. The number of nitrogens with zero attached hydrogens (tertiary/aromatic N) is 1. The molecule has 1 saturated heterocycles. The molecule has 2 aromatic rings. The number of nitrogens with one attached hydrogen (secondary N) is 1. The number of ether oxygens (including phenoxy) is 1. The second-order valence-corrected chi connectivity index (χ2v) is 7.34. The largest absolute Gasteiger partial charge is 0.494 e. The van der Waals surface area contributed by atoms with Crippen LogP contribution in [-0.2, 0) is 4.79 Å². The zero-order valence-electron chi connectivity index (χ0n) is 15.8. The molecule has 1 aliphatic heterocycles. The van der Waals surface area contributed by atoms with Crippen LogP contribution in [0.5, 0.6) is 5.75 Å². The summed E-state index contributed by atoms with van der Waals surface area (Å²) < 4.78 is 5.63. The average Bonchev–Trinajstić information content (AvgIpc) is 2.74. The molecule has 2 amide bonds. The van der Waals surface area contributed by atoms with Crippen molar-refractivity contribution in [1.82, 2.24) is 10.2 Å². The van der Waals surface area contributed by atoms with Crippen LogP contribution < -0.4 is 10.1 Å². The van der Waals surface area contributed by atoms with E-state index in [-0.39, 0.29) is 17.7 Å². The minimum Gasteiger partial charge on any atom is -0.494 e. The molecular formula is C22H25ClN2O3. The normalized spacial score (nSPS) is 16.5. The van der Waals surface area contributed by atoms with Crippen molar-refractivity contribution >= 4 is 23.4 Å². The smallest absolute Gasteiger partial charge is 0.253 e. The van der Waals surface area contributed by atoms with Gasteiger partial charge in [0, 0.05) is 30.2 Å². The Kier molecular flexibility index (Phi) is 7.31. The maximum Gasteiger partial charge on any atom is 0.253 e. The molecule has 1 fully saturated rings. The molecular weight excluding hydrogens is 376 g/mol. The molecule has 1 atom stereocenters. The SMILES string of the molecule is O=C(NCCCOc1ccccc1)C1CCCN(C(=O)c2ccc(Cl)cc2)C1. The van der Waals surface area contributed by atoms with Crippen molar-refractivity contribution in [2.24, 2.45) is 5.92 Å². The van der Waals surface area contributed by atoms with Gasteiger partial charge >= 0.3 is 0 Å². The van der Waals surface area contributed by atoms with Crippen LogP contribution in [0.4, 0.5) is 0 Å². The molecule has 0 bridgehead atoms. The van der Waals surface area contributed by atoms with Crippen LogP contribution >= 0.6 is 11.6 Å². The summed E-state index contributed by atoms with van der Waals surface area (Å²) in [5, 5.41) is 3.57. The van der Waals surface area contributed by atoms with Crippen molar-refractivity contribution in [2.45, 2.75) is 19.3 Å². The van der Waals surface area contributed by atoms with Crippen molar-refractivity contribution in [2.75, 3.05) is 26.2 Å². The van der Waals surface area contributed by atoms with Gasteiger partial charge in [-0.05, 0) is 55.7 Å². The van der Waals surface area contributed by atoms with Crippen LogP contribution in [0.2, 0.25) is 5.02 Å². The molecule has 1 unspecified atom stereocenters. The fourth-order valence-electron chi connectivity index (χ4n) is 3.29. The van der Waals surface area contributed by atoms with Gasteiger partial charge in [0.2, 0.25) is 5.91 Å². The fourth-order valence-corrected chi connectivity index (χ4v) is 3.41. The standard InChI is InChI=1S/C22H25ClN2O3/c23-19-11-9-17(10-12-19)22(27)25-14-4-6-18(16-25)21(26)24-13-5-15-28-20-7-2-1-3-8-20/h1-3,7-12,18H,4-6,13-16H2,(H,24,26). The highest BCUT2D eigenvalue weighted by molar-refractivity contribution is 6.30. The summed E-state index contributed by atoms with van der Waals surface area (Å²) in [6.45, 7) is 2.24. The monoisotopic (exact) mass is 400 g/mol. The summed E-state index contributed by atoms with van der Waals surface area (Å²) in [6.07, 6.45) is 2.37. The summed E-state index contributed by atoms with van der Waals surface area (Å²) in [5.74, 6) is 0.622. The molecule has 1 heterocycles. The molecule has 1 aliphatic rings. The Morgan fingerprint density at radius 3 is 2.61 bits per heavy atom. The summed E-state index contributed by atoms with van der Waals surface area (Å²) in [7, 11) is 0. The van der Waals surface area contributed by atoms with Gasteiger partial charge in [0.25, 0.3) is 5.91 Å². The fraction of sp³-hybridized carbons (Fsp3) is 0.364. The van der Waals surface area contributed by atoms with E-state index in [0.29, 0.717) is 36.8 Å². The number of para-hydroxylation sites is 1. The minimum atomic E-state index is -0.167. The highest BCUT2D eigenvalue weighted by Crippen LogP contribution is 2.20. The molecule has 0 radical (unpaired) electrons. The predicted molar refractivity (Wildman–Crippen MR) is 110 cm³/mol. The number of rotatable bonds is 7. The molecule has 0 saturated carbocycles. The number of hydrogen-bond donors (Lipinski definition) is 1. The third-order valence-corrected chi connectivity index (χ3v) is 5.05. The van der Waals surface area contributed by atoms with Crippen molar-refractivity contribution in [3.05, 3.63) is 65.2 Å². The second kappa shape index (κ2) is 10.1. The summed E-state index contributed by atoms with van der Waals surface area (Å²) in [5.41, 5.74) is 0.600. The van der Waals surface area contributed by atoms with E-state index >= 15 is 0 Å². The van der Waals surface area contributed by atoms with E-state index in [0.717, 1.165) is 25.0 Å². The van der Waals surface area contributed by atoms with Crippen molar-refractivity contribution < 1.29 is 14.3 Å². The average molecular weight is 401 g/mol. The Hall–Kier alpha value is -2.53. The third-order valence-electron chi connectivity index (χ3n) is 4.80. The van der Waals surface area contributed by atoms with Crippen LogP contribution in [-0.4, -0.2) is 43.0 Å². The van der Waals surface area contributed by atoms with Gasteiger partial charge in [-0.15, -0.1) is 0 Å². The number of amides is 2. The number of carbonyl (C=O) groups is 2. The van der Waals surface area contributed by atoms with Gasteiger partial charge in [-0.3, -0.25) is 9.59 Å².